The van der Waals surface area contributed by atoms with Gasteiger partial charge in [-0.2, -0.15) is 0 Å². The Labute approximate surface area is 149 Å². The lowest BCUT2D eigenvalue weighted by Gasteiger charge is -2.22. The largest absolute Gasteiger partial charge is 0.349 e. The van der Waals surface area contributed by atoms with Crippen LogP contribution in [-0.4, -0.2) is 5.91 Å². The third kappa shape index (κ3) is 3.99. The number of aryl methyl sites for hydroxylation is 2. The van der Waals surface area contributed by atoms with Crippen molar-refractivity contribution in [1.82, 2.24) is 5.32 Å². The maximum atomic E-state index is 12.4. The van der Waals surface area contributed by atoms with Crippen molar-refractivity contribution in [3.8, 4) is 0 Å². The molecular weight excluding hydrogens is 318 g/mol. The highest BCUT2D eigenvalue weighted by atomic mass is 35.5. The van der Waals surface area contributed by atoms with Gasteiger partial charge in [-0.3, -0.25) is 4.79 Å². The monoisotopic (exact) mass is 341 g/mol. The highest BCUT2D eigenvalue weighted by molar-refractivity contribution is 6.31. The van der Waals surface area contributed by atoms with E-state index in [0.29, 0.717) is 11.4 Å². The molecule has 0 unspecified atom stereocenters. The van der Waals surface area contributed by atoms with Gasteiger partial charge in [0.15, 0.2) is 0 Å². The van der Waals surface area contributed by atoms with E-state index in [1.807, 2.05) is 24.3 Å². The zero-order valence-corrected chi connectivity index (χ0v) is 14.9. The van der Waals surface area contributed by atoms with Gasteiger partial charge in [0.2, 0.25) is 5.91 Å². The van der Waals surface area contributed by atoms with E-state index in [9.17, 15) is 4.79 Å². The van der Waals surface area contributed by atoms with Gasteiger partial charge in [-0.15, -0.1) is 0 Å². The Kier molecular flexibility index (Phi) is 5.57. The van der Waals surface area contributed by atoms with Gasteiger partial charge in [-0.25, -0.2) is 0 Å². The van der Waals surface area contributed by atoms with Crippen LogP contribution in [0.15, 0.2) is 42.5 Å². The summed E-state index contributed by atoms with van der Waals surface area (Å²) in [5.41, 5.74) is 5.02. The minimum Gasteiger partial charge on any atom is -0.349 e. The Morgan fingerprint density at radius 1 is 1.12 bits per heavy atom. The molecule has 2 aromatic carbocycles. The van der Waals surface area contributed by atoms with Gasteiger partial charge in [0.25, 0.3) is 0 Å². The van der Waals surface area contributed by atoms with Crippen LogP contribution in [0, 0.1) is 0 Å². The Balaban J connectivity index is 1.70. The molecule has 0 heterocycles. The van der Waals surface area contributed by atoms with Crippen LogP contribution in [0.1, 0.15) is 54.5 Å². The number of rotatable bonds is 5. The van der Waals surface area contributed by atoms with Crippen molar-refractivity contribution < 1.29 is 4.79 Å². The Morgan fingerprint density at radius 3 is 2.62 bits per heavy atom. The summed E-state index contributed by atoms with van der Waals surface area (Å²) in [6.07, 6.45) is 6.11. The van der Waals surface area contributed by atoms with Gasteiger partial charge in [0.05, 0.1) is 12.5 Å². The number of carbonyl (C=O) groups excluding carboxylic acids is 1. The molecule has 2 aromatic rings. The van der Waals surface area contributed by atoms with Crippen molar-refractivity contribution in [2.75, 3.05) is 0 Å². The molecule has 1 amide bonds. The summed E-state index contributed by atoms with van der Waals surface area (Å²) in [6, 6.07) is 14.3. The van der Waals surface area contributed by atoms with Crippen LogP contribution >= 0.6 is 11.6 Å². The fraction of sp³-hybridized carbons (Fsp3) is 0.381. The molecular formula is C21H24ClNO. The van der Waals surface area contributed by atoms with E-state index in [1.165, 1.54) is 36.0 Å². The average Bonchev–Trinajstić information content (AvgIpc) is 2.61. The summed E-state index contributed by atoms with van der Waals surface area (Å²) in [5, 5.41) is 3.82. The number of nitrogens with one attached hydrogen (secondary N) is 1. The Bertz CT molecular complexity index is 726. The number of fused-ring (bicyclic) bond motifs is 1. The average molecular weight is 342 g/mol. The number of benzene rings is 2. The van der Waals surface area contributed by atoms with Crippen LogP contribution in [0.3, 0.4) is 0 Å². The second-order valence-electron chi connectivity index (χ2n) is 6.53. The summed E-state index contributed by atoms with van der Waals surface area (Å²) in [5.74, 6) is 0.0210. The predicted octanol–water partition coefficient (Wildman–Crippen LogP) is 5.03. The van der Waals surface area contributed by atoms with E-state index < -0.39 is 0 Å². The van der Waals surface area contributed by atoms with Crippen molar-refractivity contribution in [2.24, 2.45) is 0 Å². The van der Waals surface area contributed by atoms with Gasteiger partial charge in [-0.05, 0) is 60.4 Å². The summed E-state index contributed by atoms with van der Waals surface area (Å²) < 4.78 is 0. The van der Waals surface area contributed by atoms with E-state index in [0.717, 1.165) is 18.4 Å². The molecule has 24 heavy (non-hydrogen) atoms. The van der Waals surface area contributed by atoms with Crippen molar-refractivity contribution >= 4 is 17.5 Å². The van der Waals surface area contributed by atoms with Gasteiger partial charge < -0.3 is 5.32 Å². The molecule has 1 aliphatic carbocycles. The summed E-state index contributed by atoms with van der Waals surface area (Å²) in [6.45, 7) is 2.11. The molecule has 0 aromatic heterocycles. The van der Waals surface area contributed by atoms with E-state index >= 15 is 0 Å². The smallest absolute Gasteiger partial charge is 0.224 e. The van der Waals surface area contributed by atoms with Crippen LogP contribution in [-0.2, 0) is 24.1 Å². The third-order valence-corrected chi connectivity index (χ3v) is 5.20. The van der Waals surface area contributed by atoms with Crippen LogP contribution in [0.5, 0.6) is 0 Å². The van der Waals surface area contributed by atoms with E-state index in [-0.39, 0.29) is 11.9 Å². The van der Waals surface area contributed by atoms with Gasteiger partial charge >= 0.3 is 0 Å². The van der Waals surface area contributed by atoms with Crippen LogP contribution in [0.2, 0.25) is 5.02 Å². The minimum atomic E-state index is 0.0210. The zero-order chi connectivity index (χ0) is 16.9. The first-order valence-corrected chi connectivity index (χ1v) is 9.19. The topological polar surface area (TPSA) is 29.1 Å². The zero-order valence-electron chi connectivity index (χ0n) is 14.1. The van der Waals surface area contributed by atoms with Gasteiger partial charge in [-0.1, -0.05) is 54.9 Å². The summed E-state index contributed by atoms with van der Waals surface area (Å²) >= 11 is 6.16. The Hall–Kier alpha value is -1.80. The van der Waals surface area contributed by atoms with Crippen LogP contribution in [0.25, 0.3) is 0 Å². The number of hydrogen-bond acceptors (Lipinski definition) is 1. The van der Waals surface area contributed by atoms with Crippen LogP contribution < -0.4 is 5.32 Å². The molecule has 1 aliphatic rings. The third-order valence-electron chi connectivity index (χ3n) is 4.83. The normalized spacial score (nSPS) is 14.8. The second kappa shape index (κ2) is 7.85. The maximum absolute atomic E-state index is 12.4. The fourth-order valence-corrected chi connectivity index (χ4v) is 3.65. The molecule has 3 heteroatoms. The van der Waals surface area contributed by atoms with E-state index in [4.69, 9.17) is 11.6 Å². The second-order valence-corrected chi connectivity index (χ2v) is 6.94. The Morgan fingerprint density at radius 2 is 1.88 bits per heavy atom. The standard InChI is InChI=1S/C21H24ClNO/c1-2-20(18-12-11-15-7-3-4-8-16(15)13-18)23-21(24)14-17-9-5-6-10-19(17)22/h5-6,9-13,20H,2-4,7-8,14H2,1H3,(H,23,24)/t20-/m0/s1. The molecule has 0 aliphatic heterocycles. The first-order chi connectivity index (χ1) is 11.7. The van der Waals surface area contributed by atoms with Crippen molar-refractivity contribution in [1.29, 1.82) is 0 Å². The SMILES string of the molecule is CC[C@H](NC(=O)Cc1ccccc1Cl)c1ccc2c(c1)CCCC2. The first kappa shape index (κ1) is 17.0. The minimum absolute atomic E-state index is 0.0210. The molecule has 3 rings (SSSR count). The number of carbonyl (C=O) groups is 1. The molecule has 1 atom stereocenters. The fourth-order valence-electron chi connectivity index (χ4n) is 3.45. The van der Waals surface area contributed by atoms with Gasteiger partial charge in [0, 0.05) is 5.02 Å². The molecule has 0 radical (unpaired) electrons. The molecule has 0 saturated carbocycles. The van der Waals surface area contributed by atoms with Gasteiger partial charge in [0.1, 0.15) is 0 Å². The van der Waals surface area contributed by atoms with E-state index in [2.05, 4.69) is 30.4 Å². The van der Waals surface area contributed by atoms with Crippen LogP contribution in [0.4, 0.5) is 0 Å². The summed E-state index contributed by atoms with van der Waals surface area (Å²) in [4.78, 5) is 12.4. The lowest BCUT2D eigenvalue weighted by molar-refractivity contribution is -0.121. The quantitative estimate of drug-likeness (QED) is 0.812. The first-order valence-electron chi connectivity index (χ1n) is 8.82. The van der Waals surface area contributed by atoms with Crippen molar-refractivity contribution in [3.05, 3.63) is 69.7 Å². The maximum Gasteiger partial charge on any atom is 0.224 e. The lowest BCUT2D eigenvalue weighted by atomic mass is 9.88. The number of hydrogen-bond donors (Lipinski definition) is 1. The molecule has 0 saturated heterocycles. The number of halogens is 1. The predicted molar refractivity (Wildman–Crippen MR) is 99.4 cm³/mol. The van der Waals surface area contributed by atoms with Crippen molar-refractivity contribution in [3.63, 3.8) is 0 Å². The molecule has 0 bridgehead atoms. The molecule has 126 valence electrons. The molecule has 2 nitrogen and oxygen atoms in total. The lowest BCUT2D eigenvalue weighted by Crippen LogP contribution is -2.29. The molecule has 0 fully saturated rings. The van der Waals surface area contributed by atoms with E-state index in [1.54, 1.807) is 0 Å². The molecule has 1 N–H and O–H groups in total. The molecule has 0 spiro atoms. The summed E-state index contributed by atoms with van der Waals surface area (Å²) in [7, 11) is 0. The highest BCUT2D eigenvalue weighted by Gasteiger charge is 2.16. The number of amides is 1. The highest BCUT2D eigenvalue weighted by Crippen LogP contribution is 2.26. The van der Waals surface area contributed by atoms with Crippen molar-refractivity contribution in [2.45, 2.75) is 51.5 Å².